The van der Waals surface area contributed by atoms with Crippen molar-refractivity contribution < 1.29 is 23.7 Å². The van der Waals surface area contributed by atoms with Gasteiger partial charge in [-0.05, 0) is 6.07 Å². The third kappa shape index (κ3) is 3.39. The number of imidazole rings is 1. The minimum absolute atomic E-state index is 0.126. The van der Waals surface area contributed by atoms with Crippen LogP contribution in [0.25, 0.3) is 11.2 Å². The van der Waals surface area contributed by atoms with Crippen molar-refractivity contribution in [3.63, 3.8) is 0 Å². The Bertz CT molecular complexity index is 1060. The Hall–Kier alpha value is -2.47. The highest BCUT2D eigenvalue weighted by Crippen LogP contribution is 2.30. The number of anilines is 1. The average molecular weight is 425 g/mol. The number of aromatic nitrogens is 5. The predicted molar refractivity (Wildman–Crippen MR) is 99.3 cm³/mol. The second kappa shape index (κ2) is 7.10. The molecule has 3 N–H and O–H groups in total. The number of ether oxygens (including phenoxy) is 3. The molecule has 29 heavy (non-hydrogen) atoms. The molecular weight excluding hydrogens is 407 g/mol. The van der Waals surface area contributed by atoms with Crippen LogP contribution in [0.2, 0.25) is 5.02 Å². The van der Waals surface area contributed by atoms with E-state index in [9.17, 15) is 9.50 Å². The van der Waals surface area contributed by atoms with E-state index in [1.165, 1.54) is 10.9 Å². The normalized spacial score (nSPS) is 26.2. The standard InChI is InChI=1S/C17H18ClFN6O4/c1-25-4-8(19)10(24-25)3-20-15-7(18)2-9-16(22-15)23-17(21-9)29-12-6-28-13-11(26)5-27-14(12)13/h2,4,11-14,26H,3,5-6H2,1H3,(H2,20,21,22,23)/t11-,12-,13-,14-/m1/s1. The molecular formula is C17H18ClFN6O4. The van der Waals surface area contributed by atoms with Gasteiger partial charge in [0.1, 0.15) is 29.8 Å². The molecule has 3 aromatic heterocycles. The summed E-state index contributed by atoms with van der Waals surface area (Å²) >= 11 is 6.28. The molecule has 154 valence electrons. The Morgan fingerprint density at radius 1 is 1.38 bits per heavy atom. The number of hydrogen-bond donors (Lipinski definition) is 3. The topological polar surface area (TPSA) is 119 Å². The Labute approximate surface area is 168 Å². The molecule has 0 unspecified atom stereocenters. The van der Waals surface area contributed by atoms with E-state index in [1.807, 2.05) is 0 Å². The number of fused-ring (bicyclic) bond motifs is 2. The van der Waals surface area contributed by atoms with Crippen LogP contribution in [0.15, 0.2) is 12.3 Å². The van der Waals surface area contributed by atoms with Crippen LogP contribution < -0.4 is 10.1 Å². The van der Waals surface area contributed by atoms with E-state index in [-0.39, 0.29) is 37.1 Å². The van der Waals surface area contributed by atoms with Crippen molar-refractivity contribution in [2.24, 2.45) is 7.05 Å². The molecule has 2 saturated heterocycles. The number of halogens is 2. The fraction of sp³-hybridized carbons (Fsp3) is 0.471. The Kier molecular flexibility index (Phi) is 4.54. The number of H-pyrrole nitrogens is 1. The lowest BCUT2D eigenvalue weighted by atomic mass is 10.1. The highest BCUT2D eigenvalue weighted by molar-refractivity contribution is 6.33. The minimum Gasteiger partial charge on any atom is -0.456 e. The van der Waals surface area contributed by atoms with E-state index >= 15 is 0 Å². The third-order valence-corrected chi connectivity index (χ3v) is 5.22. The lowest BCUT2D eigenvalue weighted by molar-refractivity contribution is 0.00706. The molecule has 0 aliphatic carbocycles. The molecule has 12 heteroatoms. The van der Waals surface area contributed by atoms with Crippen LogP contribution in [-0.2, 0) is 23.1 Å². The Balaban J connectivity index is 1.32. The zero-order valence-corrected chi connectivity index (χ0v) is 16.1. The van der Waals surface area contributed by atoms with Gasteiger partial charge in [-0.25, -0.2) is 9.37 Å². The number of hydrogen-bond acceptors (Lipinski definition) is 8. The molecule has 3 aromatic rings. The number of aromatic amines is 1. The van der Waals surface area contributed by atoms with E-state index in [0.717, 1.165) is 0 Å². The maximum absolute atomic E-state index is 13.7. The van der Waals surface area contributed by atoms with E-state index in [1.54, 1.807) is 13.1 Å². The summed E-state index contributed by atoms with van der Waals surface area (Å²) in [4.78, 5) is 11.7. The van der Waals surface area contributed by atoms with E-state index in [2.05, 4.69) is 25.4 Å². The van der Waals surface area contributed by atoms with Gasteiger partial charge in [-0.3, -0.25) is 4.68 Å². The van der Waals surface area contributed by atoms with Crippen molar-refractivity contribution in [3.8, 4) is 6.01 Å². The molecule has 0 amide bonds. The summed E-state index contributed by atoms with van der Waals surface area (Å²) in [5.41, 5.74) is 1.23. The second-order valence-electron chi connectivity index (χ2n) is 7.00. The molecule has 2 fully saturated rings. The average Bonchev–Trinajstić information content (AvgIpc) is 3.41. The van der Waals surface area contributed by atoms with Gasteiger partial charge in [0.2, 0.25) is 0 Å². The van der Waals surface area contributed by atoms with Gasteiger partial charge in [-0.1, -0.05) is 11.6 Å². The van der Waals surface area contributed by atoms with Crippen LogP contribution in [0.4, 0.5) is 10.2 Å². The molecule has 0 aromatic carbocycles. The number of aliphatic hydroxyl groups excluding tert-OH is 1. The van der Waals surface area contributed by atoms with Gasteiger partial charge in [0.15, 0.2) is 17.6 Å². The maximum atomic E-state index is 13.7. The monoisotopic (exact) mass is 424 g/mol. The molecule has 0 saturated carbocycles. The van der Waals surface area contributed by atoms with Gasteiger partial charge in [-0.2, -0.15) is 10.1 Å². The molecule has 4 atom stereocenters. The number of rotatable bonds is 5. The second-order valence-corrected chi connectivity index (χ2v) is 7.41. The number of aryl methyl sites for hydroxylation is 1. The number of nitrogens with one attached hydrogen (secondary N) is 2. The zero-order valence-electron chi connectivity index (χ0n) is 15.3. The molecule has 2 aliphatic rings. The SMILES string of the molecule is Cn1cc(F)c(CNc2nc3nc(O[C@@H]4CO[C@H]5[C@@H]4OC[C@H]5O)[nH]c3cc2Cl)n1. The van der Waals surface area contributed by atoms with Gasteiger partial charge in [0.25, 0.3) is 6.01 Å². The smallest absolute Gasteiger partial charge is 0.296 e. The van der Waals surface area contributed by atoms with Crippen LogP contribution in [0.5, 0.6) is 6.01 Å². The first-order chi connectivity index (χ1) is 14.0. The van der Waals surface area contributed by atoms with Crippen LogP contribution >= 0.6 is 11.6 Å². The van der Waals surface area contributed by atoms with Crippen LogP contribution in [0.3, 0.4) is 0 Å². The van der Waals surface area contributed by atoms with Crippen molar-refractivity contribution >= 4 is 28.6 Å². The van der Waals surface area contributed by atoms with E-state index < -0.39 is 18.0 Å². The lowest BCUT2D eigenvalue weighted by Crippen LogP contribution is -2.34. The third-order valence-electron chi connectivity index (χ3n) is 4.93. The first-order valence-electron chi connectivity index (χ1n) is 9.04. The van der Waals surface area contributed by atoms with Crippen molar-refractivity contribution in [3.05, 3.63) is 28.8 Å². The number of nitrogens with zero attached hydrogens (tertiary/aromatic N) is 4. The molecule has 10 nitrogen and oxygen atoms in total. The van der Waals surface area contributed by atoms with Crippen LogP contribution in [-0.4, -0.2) is 67.5 Å². The highest BCUT2D eigenvalue weighted by atomic mass is 35.5. The fourth-order valence-corrected chi connectivity index (χ4v) is 3.77. The maximum Gasteiger partial charge on any atom is 0.296 e. The minimum atomic E-state index is -0.651. The van der Waals surface area contributed by atoms with Gasteiger partial charge in [0, 0.05) is 7.05 Å². The quantitative estimate of drug-likeness (QED) is 0.555. The summed E-state index contributed by atoms with van der Waals surface area (Å²) in [6.07, 6.45) is -0.489. The molecule has 0 spiro atoms. The summed E-state index contributed by atoms with van der Waals surface area (Å²) < 4.78 is 32.1. The fourth-order valence-electron chi connectivity index (χ4n) is 3.56. The van der Waals surface area contributed by atoms with Gasteiger partial charge in [-0.15, -0.1) is 0 Å². The highest BCUT2D eigenvalue weighted by Gasteiger charge is 2.48. The van der Waals surface area contributed by atoms with E-state index in [4.69, 9.17) is 25.8 Å². The molecule has 5 heterocycles. The molecule has 2 aliphatic heterocycles. The van der Waals surface area contributed by atoms with Gasteiger partial charge >= 0.3 is 0 Å². The molecule has 0 bridgehead atoms. The first kappa shape index (κ1) is 18.6. The van der Waals surface area contributed by atoms with Crippen molar-refractivity contribution in [1.82, 2.24) is 24.7 Å². The van der Waals surface area contributed by atoms with Crippen molar-refractivity contribution in [1.29, 1.82) is 0 Å². The molecule has 5 rings (SSSR count). The summed E-state index contributed by atoms with van der Waals surface area (Å²) in [5, 5.41) is 17.2. The van der Waals surface area contributed by atoms with Crippen LogP contribution in [0, 0.1) is 5.82 Å². The summed E-state index contributed by atoms with van der Waals surface area (Å²) in [7, 11) is 1.64. The van der Waals surface area contributed by atoms with Gasteiger partial charge in [0.05, 0.1) is 36.5 Å². The molecule has 0 radical (unpaired) electrons. The number of aliphatic hydroxyl groups is 1. The summed E-state index contributed by atoms with van der Waals surface area (Å²) in [6, 6.07) is 1.90. The summed E-state index contributed by atoms with van der Waals surface area (Å²) in [5.74, 6) is -0.0576. The lowest BCUT2D eigenvalue weighted by Gasteiger charge is -2.15. The Morgan fingerprint density at radius 2 is 2.21 bits per heavy atom. The predicted octanol–water partition coefficient (Wildman–Crippen LogP) is 1.00. The van der Waals surface area contributed by atoms with E-state index in [0.29, 0.717) is 28.6 Å². The van der Waals surface area contributed by atoms with Crippen molar-refractivity contribution in [2.75, 3.05) is 18.5 Å². The van der Waals surface area contributed by atoms with Gasteiger partial charge < -0.3 is 29.6 Å². The zero-order chi connectivity index (χ0) is 20.1. The number of pyridine rings is 1. The Morgan fingerprint density at radius 3 is 3.00 bits per heavy atom. The summed E-state index contributed by atoms with van der Waals surface area (Å²) in [6.45, 7) is 0.638. The van der Waals surface area contributed by atoms with Crippen molar-refractivity contribution in [2.45, 2.75) is 31.0 Å². The first-order valence-corrected chi connectivity index (χ1v) is 9.42. The van der Waals surface area contributed by atoms with Crippen LogP contribution in [0.1, 0.15) is 5.69 Å². The largest absolute Gasteiger partial charge is 0.456 e.